The first-order valence-electron chi connectivity index (χ1n) is 6.59. The Bertz CT molecular complexity index is 293. The van der Waals surface area contributed by atoms with Crippen LogP contribution in [0.1, 0.15) is 32.6 Å². The van der Waals surface area contributed by atoms with Gasteiger partial charge in [-0.25, -0.2) is 0 Å². The van der Waals surface area contributed by atoms with Crippen LogP contribution in [0.15, 0.2) is 0 Å². The van der Waals surface area contributed by atoms with Crippen LogP contribution in [0.2, 0.25) is 0 Å². The van der Waals surface area contributed by atoms with Crippen molar-refractivity contribution in [3.63, 3.8) is 0 Å². The summed E-state index contributed by atoms with van der Waals surface area (Å²) in [5.74, 6) is -1.48. The first-order chi connectivity index (χ1) is 8.60. The number of amides is 1. The second-order valence-corrected chi connectivity index (χ2v) is 4.93. The molecule has 0 radical (unpaired) electrons. The van der Waals surface area contributed by atoms with Crippen LogP contribution in [0, 0.1) is 17.8 Å². The highest BCUT2D eigenvalue weighted by molar-refractivity contribution is 5.85. The Morgan fingerprint density at radius 3 is 2.56 bits per heavy atom. The van der Waals surface area contributed by atoms with Gasteiger partial charge in [0.05, 0.1) is 11.8 Å². The molecule has 0 bridgehead atoms. The summed E-state index contributed by atoms with van der Waals surface area (Å²) in [4.78, 5) is 23.1. The van der Waals surface area contributed by atoms with Crippen LogP contribution in [0.5, 0.6) is 0 Å². The minimum Gasteiger partial charge on any atom is -0.481 e. The molecule has 1 saturated carbocycles. The van der Waals surface area contributed by atoms with Gasteiger partial charge in [0.25, 0.3) is 0 Å². The van der Waals surface area contributed by atoms with Crippen LogP contribution in [0.4, 0.5) is 0 Å². The van der Waals surface area contributed by atoms with Crippen molar-refractivity contribution < 1.29 is 19.4 Å². The number of methoxy groups -OCH3 is 1. The Hall–Kier alpha value is -1.10. The van der Waals surface area contributed by atoms with E-state index in [0.717, 1.165) is 12.8 Å². The lowest BCUT2D eigenvalue weighted by Gasteiger charge is -2.15. The largest absolute Gasteiger partial charge is 0.481 e. The number of hydrogen-bond donors (Lipinski definition) is 2. The molecule has 0 saturated heterocycles. The van der Waals surface area contributed by atoms with Gasteiger partial charge < -0.3 is 15.2 Å². The van der Waals surface area contributed by atoms with Crippen LogP contribution in [0.25, 0.3) is 0 Å². The van der Waals surface area contributed by atoms with Gasteiger partial charge in [0.2, 0.25) is 5.91 Å². The maximum absolute atomic E-state index is 12.0. The van der Waals surface area contributed by atoms with E-state index in [-0.39, 0.29) is 11.8 Å². The molecule has 1 aliphatic rings. The second kappa shape index (κ2) is 7.36. The van der Waals surface area contributed by atoms with Crippen molar-refractivity contribution >= 4 is 11.9 Å². The van der Waals surface area contributed by atoms with Gasteiger partial charge in [-0.1, -0.05) is 13.3 Å². The van der Waals surface area contributed by atoms with Gasteiger partial charge in [0.15, 0.2) is 0 Å². The van der Waals surface area contributed by atoms with E-state index >= 15 is 0 Å². The molecule has 1 rings (SSSR count). The lowest BCUT2D eigenvalue weighted by molar-refractivity contribution is -0.146. The molecule has 1 aliphatic carbocycles. The number of rotatable bonds is 7. The van der Waals surface area contributed by atoms with Gasteiger partial charge in [0, 0.05) is 20.3 Å². The smallest absolute Gasteiger partial charge is 0.307 e. The molecule has 0 aromatic rings. The number of nitrogens with one attached hydrogen (secondary N) is 1. The highest BCUT2D eigenvalue weighted by Gasteiger charge is 2.41. The zero-order valence-electron chi connectivity index (χ0n) is 11.1. The predicted octanol–water partition coefficient (Wildman–Crippen LogP) is 1.28. The number of carbonyl (C=O) groups excluding carboxylic acids is 1. The first kappa shape index (κ1) is 15.0. The van der Waals surface area contributed by atoms with Crippen molar-refractivity contribution in [1.82, 2.24) is 5.32 Å². The Labute approximate surface area is 108 Å². The highest BCUT2D eigenvalue weighted by Crippen LogP contribution is 2.38. The van der Waals surface area contributed by atoms with E-state index in [9.17, 15) is 9.59 Å². The standard InChI is InChI=1S/C13H23NO4/c1-3-9-7-10(11(8-9)13(16)17)12(15)14-5-4-6-18-2/h9-11H,3-8H2,1-2H3,(H,14,15)(H,16,17)/t9?,10-,11+/m0/s1. The van der Waals surface area contributed by atoms with E-state index < -0.39 is 11.9 Å². The van der Waals surface area contributed by atoms with Crippen molar-refractivity contribution in [1.29, 1.82) is 0 Å². The molecule has 0 spiro atoms. The van der Waals surface area contributed by atoms with E-state index in [1.165, 1.54) is 0 Å². The average Bonchev–Trinajstić information content (AvgIpc) is 2.78. The molecule has 0 aliphatic heterocycles. The Balaban J connectivity index is 2.46. The quantitative estimate of drug-likeness (QED) is 0.674. The fourth-order valence-electron chi connectivity index (χ4n) is 2.60. The van der Waals surface area contributed by atoms with Gasteiger partial charge in [-0.15, -0.1) is 0 Å². The van der Waals surface area contributed by atoms with E-state index in [2.05, 4.69) is 5.32 Å². The summed E-state index contributed by atoms with van der Waals surface area (Å²) in [6, 6.07) is 0. The molecular formula is C13H23NO4. The maximum atomic E-state index is 12.0. The number of carboxylic acid groups (broad SMARTS) is 1. The molecule has 5 heteroatoms. The lowest BCUT2D eigenvalue weighted by atomic mass is 9.95. The third kappa shape index (κ3) is 3.98. The Kier molecular flexibility index (Phi) is 6.12. The van der Waals surface area contributed by atoms with Crippen molar-refractivity contribution in [2.75, 3.05) is 20.3 Å². The Morgan fingerprint density at radius 1 is 1.33 bits per heavy atom. The highest BCUT2D eigenvalue weighted by atomic mass is 16.5. The molecule has 1 unspecified atom stereocenters. The van der Waals surface area contributed by atoms with Gasteiger partial charge >= 0.3 is 5.97 Å². The normalized spacial score (nSPS) is 27.1. The summed E-state index contributed by atoms with van der Waals surface area (Å²) in [5, 5.41) is 12.0. The van der Waals surface area contributed by atoms with Crippen molar-refractivity contribution in [2.24, 2.45) is 17.8 Å². The van der Waals surface area contributed by atoms with Crippen LogP contribution in [-0.4, -0.2) is 37.2 Å². The minimum atomic E-state index is -0.844. The summed E-state index contributed by atoms with van der Waals surface area (Å²) < 4.78 is 4.90. The fourth-order valence-corrected chi connectivity index (χ4v) is 2.60. The van der Waals surface area contributed by atoms with Gasteiger partial charge in [-0.3, -0.25) is 9.59 Å². The molecule has 0 heterocycles. The number of carboxylic acids is 1. The van der Waals surface area contributed by atoms with E-state index in [1.807, 2.05) is 6.92 Å². The summed E-state index contributed by atoms with van der Waals surface area (Å²) in [6.07, 6.45) is 3.02. The summed E-state index contributed by atoms with van der Waals surface area (Å²) in [7, 11) is 1.62. The first-order valence-corrected chi connectivity index (χ1v) is 6.59. The second-order valence-electron chi connectivity index (χ2n) is 4.93. The summed E-state index contributed by atoms with van der Waals surface area (Å²) in [6.45, 7) is 3.19. The molecular weight excluding hydrogens is 234 g/mol. The maximum Gasteiger partial charge on any atom is 0.307 e. The molecule has 3 atom stereocenters. The third-order valence-corrected chi connectivity index (χ3v) is 3.72. The molecule has 5 nitrogen and oxygen atoms in total. The topological polar surface area (TPSA) is 75.6 Å². The summed E-state index contributed by atoms with van der Waals surface area (Å²) >= 11 is 0. The molecule has 18 heavy (non-hydrogen) atoms. The molecule has 1 amide bonds. The molecule has 0 aromatic carbocycles. The Morgan fingerprint density at radius 2 is 2.00 bits per heavy atom. The van der Waals surface area contributed by atoms with Gasteiger partial charge in [-0.2, -0.15) is 0 Å². The monoisotopic (exact) mass is 257 g/mol. The van der Waals surface area contributed by atoms with E-state index in [1.54, 1.807) is 7.11 Å². The zero-order valence-corrected chi connectivity index (χ0v) is 11.1. The average molecular weight is 257 g/mol. The van der Waals surface area contributed by atoms with Gasteiger partial charge in [0.1, 0.15) is 0 Å². The molecule has 2 N–H and O–H groups in total. The molecule has 104 valence electrons. The van der Waals surface area contributed by atoms with Crippen LogP contribution in [0.3, 0.4) is 0 Å². The fraction of sp³-hybridized carbons (Fsp3) is 0.846. The lowest BCUT2D eigenvalue weighted by Crippen LogP contribution is -2.36. The van der Waals surface area contributed by atoms with E-state index in [0.29, 0.717) is 31.9 Å². The number of aliphatic carboxylic acids is 1. The summed E-state index contributed by atoms with van der Waals surface area (Å²) in [5.41, 5.74) is 0. The third-order valence-electron chi connectivity index (χ3n) is 3.72. The molecule has 1 fully saturated rings. The minimum absolute atomic E-state index is 0.116. The SMILES string of the molecule is CCC1C[C@H](C(=O)NCCCOC)[C@H](C(=O)O)C1. The predicted molar refractivity (Wildman–Crippen MR) is 67.1 cm³/mol. The number of ether oxygens (including phenoxy) is 1. The van der Waals surface area contributed by atoms with E-state index in [4.69, 9.17) is 9.84 Å². The van der Waals surface area contributed by atoms with Gasteiger partial charge in [-0.05, 0) is 25.2 Å². The van der Waals surface area contributed by atoms with Crippen molar-refractivity contribution in [2.45, 2.75) is 32.6 Å². The number of hydrogen-bond acceptors (Lipinski definition) is 3. The molecule has 0 aromatic heterocycles. The number of carbonyl (C=O) groups is 2. The van der Waals surface area contributed by atoms with Crippen molar-refractivity contribution in [3.05, 3.63) is 0 Å². The van der Waals surface area contributed by atoms with Crippen molar-refractivity contribution in [3.8, 4) is 0 Å². The van der Waals surface area contributed by atoms with Crippen LogP contribution in [-0.2, 0) is 14.3 Å². The zero-order chi connectivity index (χ0) is 13.5. The van der Waals surface area contributed by atoms with Crippen LogP contribution >= 0.6 is 0 Å². The van der Waals surface area contributed by atoms with Crippen LogP contribution < -0.4 is 5.32 Å².